The molecule has 1 N–H and O–H groups in total. The van der Waals surface area contributed by atoms with Crippen molar-refractivity contribution in [2.45, 2.75) is 31.7 Å². The molecule has 0 aliphatic carbocycles. The molecule has 0 saturated heterocycles. The van der Waals surface area contributed by atoms with E-state index < -0.39 is 15.8 Å². The second-order valence-corrected chi connectivity index (χ2v) is 5.77. The summed E-state index contributed by atoms with van der Waals surface area (Å²) in [7, 11) is -3.76. The van der Waals surface area contributed by atoms with Crippen LogP contribution in [-0.2, 0) is 10.0 Å². The average Bonchev–Trinajstić information content (AvgIpc) is 2.17. The van der Waals surface area contributed by atoms with Gasteiger partial charge in [0.15, 0.2) is 0 Å². The summed E-state index contributed by atoms with van der Waals surface area (Å²) >= 11 is 0. The summed E-state index contributed by atoms with van der Waals surface area (Å²) in [6.45, 7) is 5.55. The molecule has 1 aromatic carbocycles. The summed E-state index contributed by atoms with van der Waals surface area (Å²) in [5.41, 5.74) is 0. The minimum atomic E-state index is -3.76. The van der Waals surface area contributed by atoms with Gasteiger partial charge in [0, 0.05) is 6.04 Å². The van der Waals surface area contributed by atoms with Gasteiger partial charge >= 0.3 is 0 Å². The molecule has 0 saturated carbocycles. The smallest absolute Gasteiger partial charge is 0.208 e. The molecule has 5 heteroatoms. The number of halogens is 1. The van der Waals surface area contributed by atoms with Crippen molar-refractivity contribution in [2.75, 3.05) is 0 Å². The second kappa shape index (κ2) is 4.93. The molecule has 0 aliphatic heterocycles. The summed E-state index contributed by atoms with van der Waals surface area (Å²) in [6, 6.07) is 5.11. The van der Waals surface area contributed by atoms with E-state index in [2.05, 4.69) is 4.72 Å². The average molecular weight is 245 g/mol. The Morgan fingerprint density at radius 1 is 1.19 bits per heavy atom. The topological polar surface area (TPSA) is 46.2 Å². The van der Waals surface area contributed by atoms with Crippen molar-refractivity contribution in [3.63, 3.8) is 0 Å². The Labute approximate surface area is 95.7 Å². The first-order valence-corrected chi connectivity index (χ1v) is 6.60. The summed E-state index contributed by atoms with van der Waals surface area (Å²) < 4.78 is 39.4. The van der Waals surface area contributed by atoms with Crippen molar-refractivity contribution >= 4 is 10.0 Å². The van der Waals surface area contributed by atoms with Gasteiger partial charge in [0.25, 0.3) is 0 Å². The third-order valence-corrected chi connectivity index (χ3v) is 4.06. The number of benzene rings is 1. The van der Waals surface area contributed by atoms with Crippen LogP contribution in [0.2, 0.25) is 0 Å². The highest BCUT2D eigenvalue weighted by atomic mass is 32.2. The monoisotopic (exact) mass is 245 g/mol. The maximum Gasteiger partial charge on any atom is 0.243 e. The van der Waals surface area contributed by atoms with E-state index in [9.17, 15) is 12.8 Å². The van der Waals surface area contributed by atoms with Gasteiger partial charge in [-0.15, -0.1) is 0 Å². The largest absolute Gasteiger partial charge is 0.243 e. The fourth-order valence-corrected chi connectivity index (χ4v) is 2.58. The van der Waals surface area contributed by atoms with E-state index in [-0.39, 0.29) is 16.9 Å². The Morgan fingerprint density at radius 3 is 2.25 bits per heavy atom. The Kier molecular flexibility index (Phi) is 4.04. The van der Waals surface area contributed by atoms with E-state index in [1.807, 2.05) is 13.8 Å². The maximum atomic E-state index is 13.3. The molecule has 1 atom stereocenters. The molecule has 0 spiro atoms. The maximum absolute atomic E-state index is 13.3. The van der Waals surface area contributed by atoms with Crippen LogP contribution in [0, 0.1) is 11.7 Å². The minimum absolute atomic E-state index is 0.154. The van der Waals surface area contributed by atoms with Crippen LogP contribution < -0.4 is 4.72 Å². The molecule has 90 valence electrons. The van der Waals surface area contributed by atoms with Crippen molar-refractivity contribution < 1.29 is 12.8 Å². The number of hydrogen-bond acceptors (Lipinski definition) is 2. The number of sulfonamides is 1. The van der Waals surface area contributed by atoms with Crippen LogP contribution in [-0.4, -0.2) is 14.5 Å². The van der Waals surface area contributed by atoms with E-state index in [0.29, 0.717) is 0 Å². The normalized spacial score (nSPS) is 14.1. The Bertz CT molecular complexity index is 457. The molecule has 0 radical (unpaired) electrons. The van der Waals surface area contributed by atoms with Crippen LogP contribution in [0.15, 0.2) is 29.2 Å². The molecule has 0 unspecified atom stereocenters. The first-order chi connectivity index (χ1) is 7.34. The van der Waals surface area contributed by atoms with E-state index in [1.165, 1.54) is 18.2 Å². The van der Waals surface area contributed by atoms with Crippen molar-refractivity contribution in [3.8, 4) is 0 Å². The zero-order valence-electron chi connectivity index (χ0n) is 9.57. The predicted octanol–water partition coefficient (Wildman–Crippen LogP) is 2.15. The van der Waals surface area contributed by atoms with Gasteiger partial charge in [-0.05, 0) is 25.0 Å². The van der Waals surface area contributed by atoms with E-state index in [4.69, 9.17) is 0 Å². The van der Waals surface area contributed by atoms with E-state index in [0.717, 1.165) is 6.07 Å². The molecular formula is C11H16FNO2S. The van der Waals surface area contributed by atoms with E-state index in [1.54, 1.807) is 6.92 Å². The molecule has 1 rings (SSSR count). The third-order valence-electron chi connectivity index (χ3n) is 2.47. The molecule has 1 aromatic rings. The summed E-state index contributed by atoms with van der Waals surface area (Å²) in [5.74, 6) is -0.576. The predicted molar refractivity (Wildman–Crippen MR) is 61.0 cm³/mol. The van der Waals surface area contributed by atoms with Crippen molar-refractivity contribution in [1.29, 1.82) is 0 Å². The molecule has 16 heavy (non-hydrogen) atoms. The van der Waals surface area contributed by atoms with Gasteiger partial charge < -0.3 is 0 Å². The van der Waals surface area contributed by atoms with Crippen LogP contribution >= 0.6 is 0 Å². The highest BCUT2D eigenvalue weighted by Gasteiger charge is 2.21. The molecule has 0 aliphatic rings. The summed E-state index contributed by atoms with van der Waals surface area (Å²) in [5, 5.41) is 0. The lowest BCUT2D eigenvalue weighted by molar-refractivity contribution is 0.473. The van der Waals surface area contributed by atoms with E-state index >= 15 is 0 Å². The zero-order chi connectivity index (χ0) is 12.3. The van der Waals surface area contributed by atoms with Gasteiger partial charge in [0.2, 0.25) is 10.0 Å². The van der Waals surface area contributed by atoms with Gasteiger partial charge in [0.1, 0.15) is 10.7 Å². The van der Waals surface area contributed by atoms with Crippen LogP contribution in [0.5, 0.6) is 0 Å². The lowest BCUT2D eigenvalue weighted by Gasteiger charge is -2.17. The molecule has 0 fully saturated rings. The van der Waals surface area contributed by atoms with Gasteiger partial charge in [-0.25, -0.2) is 17.5 Å². The Balaban J connectivity index is 3.00. The molecule has 0 amide bonds. The zero-order valence-corrected chi connectivity index (χ0v) is 10.4. The fourth-order valence-electron chi connectivity index (χ4n) is 1.11. The van der Waals surface area contributed by atoms with Crippen molar-refractivity contribution in [3.05, 3.63) is 30.1 Å². The SMILES string of the molecule is CC(C)[C@@H](C)NS(=O)(=O)c1ccccc1F. The Morgan fingerprint density at radius 2 is 1.75 bits per heavy atom. The standard InChI is InChI=1S/C11H16FNO2S/c1-8(2)9(3)13-16(14,15)11-7-5-4-6-10(11)12/h4-9,13H,1-3H3/t9-/m1/s1. The highest BCUT2D eigenvalue weighted by molar-refractivity contribution is 7.89. The first kappa shape index (κ1) is 13.1. The molecule has 0 aromatic heterocycles. The van der Waals surface area contributed by atoms with Gasteiger partial charge in [-0.2, -0.15) is 0 Å². The number of rotatable bonds is 4. The van der Waals surface area contributed by atoms with Crippen molar-refractivity contribution in [1.82, 2.24) is 4.72 Å². The molecule has 0 heterocycles. The fraction of sp³-hybridized carbons (Fsp3) is 0.455. The number of nitrogens with one attached hydrogen (secondary N) is 1. The lowest BCUT2D eigenvalue weighted by Crippen LogP contribution is -2.36. The summed E-state index contributed by atoms with van der Waals surface area (Å²) in [4.78, 5) is -0.303. The second-order valence-electron chi connectivity index (χ2n) is 4.08. The number of hydrogen-bond donors (Lipinski definition) is 1. The molecule has 0 bridgehead atoms. The van der Waals surface area contributed by atoms with Crippen LogP contribution in [0.1, 0.15) is 20.8 Å². The van der Waals surface area contributed by atoms with Crippen LogP contribution in [0.25, 0.3) is 0 Å². The molecule has 3 nitrogen and oxygen atoms in total. The van der Waals surface area contributed by atoms with Crippen LogP contribution in [0.3, 0.4) is 0 Å². The van der Waals surface area contributed by atoms with Crippen LogP contribution in [0.4, 0.5) is 4.39 Å². The van der Waals surface area contributed by atoms with Gasteiger partial charge in [-0.3, -0.25) is 0 Å². The first-order valence-electron chi connectivity index (χ1n) is 5.11. The molecular weight excluding hydrogens is 229 g/mol. The minimum Gasteiger partial charge on any atom is -0.208 e. The third kappa shape index (κ3) is 3.02. The quantitative estimate of drug-likeness (QED) is 0.883. The van der Waals surface area contributed by atoms with Crippen molar-refractivity contribution in [2.24, 2.45) is 5.92 Å². The Hall–Kier alpha value is -0.940. The van der Waals surface area contributed by atoms with Gasteiger partial charge in [-0.1, -0.05) is 26.0 Å². The highest BCUT2D eigenvalue weighted by Crippen LogP contribution is 2.14. The lowest BCUT2D eigenvalue weighted by atomic mass is 10.1. The van der Waals surface area contributed by atoms with Gasteiger partial charge in [0.05, 0.1) is 0 Å². The summed E-state index contributed by atoms with van der Waals surface area (Å²) in [6.07, 6.45) is 0.